The molecule has 3 aromatic rings. The number of thioether (sulfide) groups is 1. The highest BCUT2D eigenvalue weighted by molar-refractivity contribution is 7.99. The van der Waals surface area contributed by atoms with Crippen LogP contribution in [0.15, 0.2) is 18.2 Å². The van der Waals surface area contributed by atoms with Gasteiger partial charge in [-0.1, -0.05) is 13.0 Å². The van der Waals surface area contributed by atoms with Crippen LogP contribution in [0.1, 0.15) is 88.5 Å². The van der Waals surface area contributed by atoms with Gasteiger partial charge in [-0.2, -0.15) is 0 Å². The topological polar surface area (TPSA) is 184 Å². The molecule has 1 spiro atoms. The predicted molar refractivity (Wildman–Crippen MR) is 209 cm³/mol. The third-order valence-corrected chi connectivity index (χ3v) is 13.9. The largest absolute Gasteiger partial charge is 0.504 e. The summed E-state index contributed by atoms with van der Waals surface area (Å²) in [6, 6.07) is 3.09. The molecule has 15 nitrogen and oxygen atoms in total. The number of methoxy groups -OCH3 is 2. The van der Waals surface area contributed by atoms with Gasteiger partial charge in [0.2, 0.25) is 6.79 Å². The van der Waals surface area contributed by atoms with Crippen LogP contribution in [0.3, 0.4) is 0 Å². The summed E-state index contributed by atoms with van der Waals surface area (Å²) in [5, 5.41) is 31.0. The minimum absolute atomic E-state index is 0.0124. The highest BCUT2D eigenvalue weighted by atomic mass is 32.2. The second kappa shape index (κ2) is 14.5. The van der Waals surface area contributed by atoms with Crippen LogP contribution in [0.25, 0.3) is 0 Å². The number of nitrogens with one attached hydrogen (secondary N) is 2. The van der Waals surface area contributed by atoms with Crippen molar-refractivity contribution in [1.29, 1.82) is 0 Å². The quantitative estimate of drug-likeness (QED) is 0.206. The first-order valence-electron chi connectivity index (χ1n) is 19.6. The van der Waals surface area contributed by atoms with Crippen LogP contribution in [0.2, 0.25) is 0 Å². The van der Waals surface area contributed by atoms with Gasteiger partial charge in [0.05, 0.1) is 37.6 Å². The van der Waals surface area contributed by atoms with E-state index in [0.29, 0.717) is 82.4 Å². The Morgan fingerprint density at radius 3 is 2.53 bits per heavy atom. The molecule has 3 aromatic carbocycles. The van der Waals surface area contributed by atoms with Crippen molar-refractivity contribution in [2.24, 2.45) is 0 Å². The fourth-order valence-electron chi connectivity index (χ4n) is 10.0. The van der Waals surface area contributed by atoms with E-state index in [-0.39, 0.29) is 43.0 Å². The minimum Gasteiger partial charge on any atom is -0.504 e. The molecule has 4 bridgehead atoms. The van der Waals surface area contributed by atoms with Gasteiger partial charge in [-0.25, -0.2) is 4.79 Å². The Hall–Kier alpha value is -4.74. The Labute approximate surface area is 339 Å². The van der Waals surface area contributed by atoms with Crippen LogP contribution in [0.5, 0.6) is 40.2 Å². The predicted octanol–water partition coefficient (Wildman–Crippen LogP) is 4.07. The second-order valence-electron chi connectivity index (χ2n) is 15.7. The molecule has 7 aliphatic heterocycles. The molecule has 0 radical (unpaired) electrons. The molecule has 7 heterocycles. The average molecular weight is 818 g/mol. The monoisotopic (exact) mass is 817 g/mol. The van der Waals surface area contributed by atoms with E-state index in [1.54, 1.807) is 12.1 Å². The maximum Gasteiger partial charge on any atom is 0.331 e. The Morgan fingerprint density at radius 2 is 1.79 bits per heavy atom. The summed E-state index contributed by atoms with van der Waals surface area (Å²) in [6.45, 7) is 7.06. The smallest absolute Gasteiger partial charge is 0.331 e. The summed E-state index contributed by atoms with van der Waals surface area (Å²) >= 11 is 1.45. The zero-order valence-corrected chi connectivity index (χ0v) is 34.0. The van der Waals surface area contributed by atoms with Gasteiger partial charge in [0.1, 0.15) is 18.6 Å². The summed E-state index contributed by atoms with van der Waals surface area (Å²) in [5.74, 6) is 0.783. The van der Waals surface area contributed by atoms with Crippen molar-refractivity contribution in [1.82, 2.24) is 15.5 Å². The van der Waals surface area contributed by atoms with Crippen LogP contribution < -0.4 is 39.1 Å². The second-order valence-corrected chi connectivity index (χ2v) is 16.8. The summed E-state index contributed by atoms with van der Waals surface area (Å²) in [5.41, 5.74) is 4.17. The summed E-state index contributed by atoms with van der Waals surface area (Å²) in [7, 11) is 3.01. The van der Waals surface area contributed by atoms with Gasteiger partial charge in [-0.3, -0.25) is 19.8 Å². The molecular formula is C42H47N3O12S. The van der Waals surface area contributed by atoms with Gasteiger partial charge >= 0.3 is 17.9 Å². The molecule has 7 aliphatic rings. The van der Waals surface area contributed by atoms with E-state index in [9.17, 15) is 24.6 Å². The first kappa shape index (κ1) is 38.8. The fourth-order valence-corrected chi connectivity index (χ4v) is 11.7. The molecule has 7 atom stereocenters. The number of ether oxygens (including phenoxy) is 7. The van der Waals surface area contributed by atoms with Gasteiger partial charge < -0.3 is 48.7 Å². The fraction of sp³-hybridized carbons (Fsp3) is 0.500. The van der Waals surface area contributed by atoms with Gasteiger partial charge in [0.25, 0.3) is 0 Å². The Morgan fingerprint density at radius 1 is 1.00 bits per heavy atom. The average Bonchev–Trinajstić information content (AvgIpc) is 3.69. The molecule has 0 saturated carbocycles. The number of phenols is 1. The number of aliphatic hydroxyl groups excluding tert-OH is 1. The van der Waals surface area contributed by atoms with Crippen molar-refractivity contribution in [2.45, 2.75) is 94.6 Å². The van der Waals surface area contributed by atoms with Gasteiger partial charge in [0.15, 0.2) is 40.0 Å². The standard InChI is InChI=1S/C42H47N3O12S/c1-7-8-28(47)57-27-13-21-9-10-43-42(23(21)14-26(27)51-5)16-58-39-31-30(38-37(54-17-55-38)19(3)36(31)56-20(4)46)25(15-53-41(42)50)45-33(39)32-29-22(12-24(44-32)40(45)49)11-18(2)35(52-6)34(29)48/h11,13-14,24-25,32-33,39-40,43-44,48-49H,7-10,12,15-17H2,1-6H3/t24-,25-,32-,33?,39-,40+,42-/m1/s1. The van der Waals surface area contributed by atoms with Crippen molar-refractivity contribution in [2.75, 3.05) is 39.9 Å². The lowest BCUT2D eigenvalue weighted by atomic mass is 9.74. The zero-order chi connectivity index (χ0) is 40.8. The molecular weight excluding hydrogens is 771 g/mol. The van der Waals surface area contributed by atoms with Crippen molar-refractivity contribution in [3.05, 3.63) is 62.7 Å². The van der Waals surface area contributed by atoms with Gasteiger partial charge in [-0.05, 0) is 67.5 Å². The molecule has 0 aliphatic carbocycles. The summed E-state index contributed by atoms with van der Waals surface area (Å²) in [6.07, 6.45) is 0.747. The van der Waals surface area contributed by atoms with Crippen LogP contribution in [0, 0.1) is 13.8 Å². The molecule has 58 heavy (non-hydrogen) atoms. The van der Waals surface area contributed by atoms with Crippen molar-refractivity contribution in [3.63, 3.8) is 0 Å². The molecule has 4 N–H and O–H groups in total. The lowest BCUT2D eigenvalue weighted by molar-refractivity contribution is -0.164. The van der Waals surface area contributed by atoms with E-state index >= 15 is 0 Å². The number of aryl methyl sites for hydroxylation is 1. The van der Waals surface area contributed by atoms with Crippen LogP contribution in [-0.4, -0.2) is 91.2 Å². The Balaban J connectivity index is 1.26. The number of hydrogen-bond acceptors (Lipinski definition) is 16. The van der Waals surface area contributed by atoms with E-state index in [1.165, 1.54) is 32.9 Å². The summed E-state index contributed by atoms with van der Waals surface area (Å²) in [4.78, 5) is 42.4. The molecule has 0 aromatic heterocycles. The third-order valence-electron chi connectivity index (χ3n) is 12.4. The van der Waals surface area contributed by atoms with Crippen molar-refractivity contribution >= 4 is 29.7 Å². The number of phenolic OH excluding ortho intramolecular Hbond substituents is 1. The molecule has 2 saturated heterocycles. The van der Waals surface area contributed by atoms with E-state index in [1.807, 2.05) is 31.7 Å². The normalized spacial score (nSPS) is 27.7. The third kappa shape index (κ3) is 5.74. The highest BCUT2D eigenvalue weighted by Crippen LogP contribution is 2.63. The zero-order valence-electron chi connectivity index (χ0n) is 33.2. The molecule has 308 valence electrons. The van der Waals surface area contributed by atoms with E-state index in [2.05, 4.69) is 10.6 Å². The number of aromatic hydroxyl groups is 1. The lowest BCUT2D eigenvalue weighted by Crippen LogP contribution is -2.69. The summed E-state index contributed by atoms with van der Waals surface area (Å²) < 4.78 is 41.9. The SMILES string of the molecule is CCCC(=O)Oc1cc2c(cc1OC)[C@@]1(CS[C@@H]3c4c(OC(C)=O)c(C)c5c(c4[C@@H](COC1=O)N1C3[C@@H]3N[C@H](Cc4cc(C)c(OC)c(O)c43)[C@@H]1O)OCO5)NCC2. The number of esters is 3. The Kier molecular flexibility index (Phi) is 9.70. The maximum atomic E-state index is 14.9. The van der Waals surface area contributed by atoms with Crippen LogP contribution >= 0.6 is 11.8 Å². The maximum absolute atomic E-state index is 14.9. The number of piperazine rings is 1. The number of nitrogens with zero attached hydrogens (tertiary/aromatic N) is 1. The first-order chi connectivity index (χ1) is 27.9. The number of hydrogen-bond donors (Lipinski definition) is 4. The number of rotatable bonds is 6. The molecule has 2 fully saturated rings. The minimum atomic E-state index is -1.40. The molecule has 1 unspecified atom stereocenters. The number of fused-ring (bicyclic) bond motifs is 9. The van der Waals surface area contributed by atoms with Crippen molar-refractivity contribution in [3.8, 4) is 40.2 Å². The van der Waals surface area contributed by atoms with Crippen LogP contribution in [0.4, 0.5) is 0 Å². The molecule has 10 rings (SSSR count). The Bertz CT molecular complexity index is 2250. The van der Waals surface area contributed by atoms with Crippen LogP contribution in [-0.2, 0) is 37.5 Å². The van der Waals surface area contributed by atoms with E-state index in [4.69, 9.17) is 33.2 Å². The number of aliphatic hydroxyl groups is 1. The highest BCUT2D eigenvalue weighted by Gasteiger charge is 2.60. The van der Waals surface area contributed by atoms with Gasteiger partial charge in [0, 0.05) is 53.9 Å². The van der Waals surface area contributed by atoms with E-state index in [0.717, 1.165) is 16.7 Å². The number of benzene rings is 3. The molecule has 0 amide bonds. The lowest BCUT2D eigenvalue weighted by Gasteiger charge is -2.59. The van der Waals surface area contributed by atoms with Gasteiger partial charge in [-0.15, -0.1) is 11.8 Å². The number of carbonyl (C=O) groups excluding carboxylic acids is 3. The first-order valence-corrected chi connectivity index (χ1v) is 20.7. The number of carbonyl (C=O) groups is 3. The molecule has 16 heteroatoms. The van der Waals surface area contributed by atoms with Crippen molar-refractivity contribution < 1.29 is 57.8 Å². The van der Waals surface area contributed by atoms with E-state index < -0.39 is 53.1 Å².